The van der Waals surface area contributed by atoms with E-state index in [0.29, 0.717) is 42.0 Å². The minimum atomic E-state index is -0.805. The monoisotopic (exact) mass is 517 g/mol. The largest absolute Gasteiger partial charge is 0.487 e. The summed E-state index contributed by atoms with van der Waals surface area (Å²) in [4.78, 5) is 36.5. The number of carbonyl (C=O) groups is 3. The average Bonchev–Trinajstić information content (AvgIpc) is 3.20. The standard InChI is InChI=1S/C26H25ClFNO5S/c27-23-18-4-1-2-6-22(18)35-24(23)25(31)29-13-3-5-20(30)16-9-12-21(19(28)14-16)34-17-10-7-15(8-11-17)26(32)33/h1-2,4,6,9,12,14-15,17H,3,5,7-8,10-11,13H2,(H,29,31)(H,32,33). The number of hydrogen-bond acceptors (Lipinski definition) is 5. The second-order valence-electron chi connectivity index (χ2n) is 8.60. The molecule has 1 fully saturated rings. The van der Waals surface area contributed by atoms with Gasteiger partial charge in [-0.2, -0.15) is 0 Å². The van der Waals surface area contributed by atoms with Crippen LogP contribution < -0.4 is 10.1 Å². The Morgan fingerprint density at radius 2 is 1.86 bits per heavy atom. The van der Waals surface area contributed by atoms with Gasteiger partial charge in [-0.1, -0.05) is 29.8 Å². The second kappa shape index (κ2) is 11.2. The van der Waals surface area contributed by atoms with E-state index in [1.54, 1.807) is 0 Å². The SMILES string of the molecule is O=C(CCCNC(=O)c1sc2ccccc2c1Cl)c1ccc(OC2CCC(C(=O)O)CC2)c(F)c1. The number of thiophene rings is 1. The maximum Gasteiger partial charge on any atom is 0.306 e. The number of hydrogen-bond donors (Lipinski definition) is 2. The zero-order valence-electron chi connectivity index (χ0n) is 18.9. The number of fused-ring (bicyclic) bond motifs is 1. The van der Waals surface area contributed by atoms with Crippen molar-refractivity contribution in [2.24, 2.45) is 5.92 Å². The number of carboxylic acid groups (broad SMARTS) is 1. The molecule has 0 radical (unpaired) electrons. The third kappa shape index (κ3) is 6.00. The lowest BCUT2D eigenvalue weighted by atomic mass is 9.87. The topological polar surface area (TPSA) is 92.7 Å². The molecule has 0 spiro atoms. The average molecular weight is 518 g/mol. The minimum Gasteiger partial charge on any atom is -0.487 e. The number of ketones is 1. The Labute approximate surface area is 211 Å². The van der Waals surface area contributed by atoms with Crippen LogP contribution in [0.3, 0.4) is 0 Å². The van der Waals surface area contributed by atoms with E-state index in [0.717, 1.165) is 16.2 Å². The number of carboxylic acids is 1. The predicted molar refractivity (Wildman–Crippen MR) is 133 cm³/mol. The molecule has 1 amide bonds. The Balaban J connectivity index is 1.24. The lowest BCUT2D eigenvalue weighted by molar-refractivity contribution is -0.143. The van der Waals surface area contributed by atoms with Crippen molar-refractivity contribution < 1.29 is 28.6 Å². The predicted octanol–water partition coefficient (Wildman–Crippen LogP) is 6.11. The molecule has 4 rings (SSSR count). The number of Topliss-reactive ketones (excluding diaryl/α,β-unsaturated/α-hetero) is 1. The molecule has 2 aromatic carbocycles. The molecule has 2 N–H and O–H groups in total. The zero-order chi connectivity index (χ0) is 24.9. The number of carbonyl (C=O) groups excluding carboxylic acids is 2. The summed E-state index contributed by atoms with van der Waals surface area (Å²) in [7, 11) is 0. The van der Waals surface area contributed by atoms with Gasteiger partial charge in [0, 0.05) is 28.6 Å². The van der Waals surface area contributed by atoms with E-state index >= 15 is 0 Å². The highest BCUT2D eigenvalue weighted by atomic mass is 35.5. The van der Waals surface area contributed by atoms with E-state index in [2.05, 4.69) is 5.32 Å². The van der Waals surface area contributed by atoms with Crippen LogP contribution in [-0.2, 0) is 4.79 Å². The Hall–Kier alpha value is -2.97. The first-order chi connectivity index (χ1) is 16.8. The highest BCUT2D eigenvalue weighted by molar-refractivity contribution is 7.21. The number of aliphatic carboxylic acids is 1. The summed E-state index contributed by atoms with van der Waals surface area (Å²) in [6, 6.07) is 11.6. The van der Waals surface area contributed by atoms with Crippen LogP contribution in [0.15, 0.2) is 42.5 Å². The maximum atomic E-state index is 14.5. The highest BCUT2D eigenvalue weighted by Gasteiger charge is 2.27. The Morgan fingerprint density at radius 3 is 2.54 bits per heavy atom. The first-order valence-electron chi connectivity index (χ1n) is 11.5. The summed E-state index contributed by atoms with van der Waals surface area (Å²) in [6.45, 7) is 0.290. The smallest absolute Gasteiger partial charge is 0.306 e. The molecule has 3 aromatic rings. The van der Waals surface area contributed by atoms with Gasteiger partial charge in [0.25, 0.3) is 5.91 Å². The molecule has 0 unspecified atom stereocenters. The van der Waals surface area contributed by atoms with Gasteiger partial charge in [0.1, 0.15) is 4.88 Å². The first kappa shape index (κ1) is 25.1. The number of amides is 1. The number of rotatable bonds is 9. The number of benzene rings is 2. The maximum absolute atomic E-state index is 14.5. The summed E-state index contributed by atoms with van der Waals surface area (Å²) < 4.78 is 21.2. The van der Waals surface area contributed by atoms with Crippen LogP contribution in [0.25, 0.3) is 10.1 Å². The zero-order valence-corrected chi connectivity index (χ0v) is 20.5. The van der Waals surface area contributed by atoms with Gasteiger partial charge in [0.05, 0.1) is 17.0 Å². The normalized spacial score (nSPS) is 17.8. The van der Waals surface area contributed by atoms with Crippen molar-refractivity contribution in [3.63, 3.8) is 0 Å². The fourth-order valence-corrected chi connectivity index (χ4v) is 5.65. The van der Waals surface area contributed by atoms with E-state index < -0.39 is 11.8 Å². The van der Waals surface area contributed by atoms with Crippen molar-refractivity contribution in [1.29, 1.82) is 0 Å². The molecule has 1 aliphatic rings. The molecule has 1 heterocycles. The lowest BCUT2D eigenvalue weighted by Gasteiger charge is -2.27. The van der Waals surface area contributed by atoms with Crippen LogP contribution in [0.2, 0.25) is 5.02 Å². The summed E-state index contributed by atoms with van der Waals surface area (Å²) in [6.07, 6.45) is 2.43. The second-order valence-corrected chi connectivity index (χ2v) is 10.0. The summed E-state index contributed by atoms with van der Waals surface area (Å²) >= 11 is 7.65. The summed E-state index contributed by atoms with van der Waals surface area (Å²) in [5, 5.41) is 13.1. The van der Waals surface area contributed by atoms with E-state index in [4.69, 9.17) is 21.4 Å². The molecule has 6 nitrogen and oxygen atoms in total. The fourth-order valence-electron chi connectivity index (χ4n) is 4.21. The van der Waals surface area contributed by atoms with Crippen molar-refractivity contribution in [3.05, 3.63) is 63.7 Å². The molecule has 0 bridgehead atoms. The molecular formula is C26H25ClFNO5S. The molecular weight excluding hydrogens is 493 g/mol. The minimum absolute atomic E-state index is 0.0628. The molecule has 1 saturated carbocycles. The number of halogens is 2. The molecule has 35 heavy (non-hydrogen) atoms. The van der Waals surface area contributed by atoms with Gasteiger partial charge in [-0.15, -0.1) is 11.3 Å². The molecule has 1 aliphatic carbocycles. The van der Waals surface area contributed by atoms with Crippen LogP contribution >= 0.6 is 22.9 Å². The quantitative estimate of drug-likeness (QED) is 0.264. The van der Waals surface area contributed by atoms with Crippen LogP contribution in [0.4, 0.5) is 4.39 Å². The Bertz CT molecular complexity index is 1250. The van der Waals surface area contributed by atoms with Crippen molar-refractivity contribution >= 4 is 50.7 Å². The molecule has 1 aromatic heterocycles. The van der Waals surface area contributed by atoms with E-state index in [-0.39, 0.29) is 48.0 Å². The summed E-state index contributed by atoms with van der Waals surface area (Å²) in [5.41, 5.74) is 0.239. The van der Waals surface area contributed by atoms with E-state index in [1.807, 2.05) is 24.3 Å². The Kier molecular flexibility index (Phi) is 8.03. The van der Waals surface area contributed by atoms with Crippen molar-refractivity contribution in [2.45, 2.75) is 44.6 Å². The van der Waals surface area contributed by atoms with Gasteiger partial charge < -0.3 is 15.2 Å². The van der Waals surface area contributed by atoms with Crippen molar-refractivity contribution in [2.75, 3.05) is 6.54 Å². The van der Waals surface area contributed by atoms with Gasteiger partial charge in [-0.05, 0) is 56.4 Å². The highest BCUT2D eigenvalue weighted by Crippen LogP contribution is 2.35. The van der Waals surface area contributed by atoms with Crippen LogP contribution in [-0.4, -0.2) is 35.4 Å². The van der Waals surface area contributed by atoms with Crippen LogP contribution in [0.1, 0.15) is 58.6 Å². The first-order valence-corrected chi connectivity index (χ1v) is 12.7. The van der Waals surface area contributed by atoms with Gasteiger partial charge in [0.2, 0.25) is 0 Å². The fraction of sp³-hybridized carbons (Fsp3) is 0.346. The molecule has 184 valence electrons. The van der Waals surface area contributed by atoms with Crippen LogP contribution in [0.5, 0.6) is 5.75 Å². The van der Waals surface area contributed by atoms with E-state index in [1.165, 1.54) is 23.5 Å². The van der Waals surface area contributed by atoms with Crippen LogP contribution in [0, 0.1) is 11.7 Å². The van der Waals surface area contributed by atoms with Crippen molar-refractivity contribution in [1.82, 2.24) is 5.32 Å². The third-order valence-electron chi connectivity index (χ3n) is 6.18. The Morgan fingerprint density at radius 1 is 1.11 bits per heavy atom. The molecule has 0 aliphatic heterocycles. The van der Waals surface area contributed by atoms with Crippen molar-refractivity contribution in [3.8, 4) is 5.75 Å². The molecule has 0 saturated heterocycles. The van der Waals surface area contributed by atoms with Gasteiger partial charge in [-0.25, -0.2) is 4.39 Å². The third-order valence-corrected chi connectivity index (χ3v) is 7.85. The molecule has 9 heteroatoms. The molecule has 0 atom stereocenters. The number of ether oxygens (including phenoxy) is 1. The lowest BCUT2D eigenvalue weighted by Crippen LogP contribution is -2.28. The summed E-state index contributed by atoms with van der Waals surface area (Å²) in [5.74, 6) is -2.25. The van der Waals surface area contributed by atoms with E-state index in [9.17, 15) is 18.8 Å². The number of nitrogens with one attached hydrogen (secondary N) is 1. The van der Waals surface area contributed by atoms with Gasteiger partial charge in [0.15, 0.2) is 17.3 Å². The van der Waals surface area contributed by atoms with Gasteiger partial charge >= 0.3 is 5.97 Å². The van der Waals surface area contributed by atoms with Gasteiger partial charge in [-0.3, -0.25) is 14.4 Å².